The van der Waals surface area contributed by atoms with E-state index in [2.05, 4.69) is 5.10 Å². The Kier molecular flexibility index (Phi) is 4.58. The van der Waals surface area contributed by atoms with Crippen LogP contribution in [0, 0.1) is 6.92 Å². The van der Waals surface area contributed by atoms with Crippen molar-refractivity contribution >= 4 is 5.97 Å². The number of hydrogen-bond acceptors (Lipinski definition) is 4. The second-order valence-electron chi connectivity index (χ2n) is 5.17. The maximum absolute atomic E-state index is 12.0. The molecule has 5 nitrogen and oxygen atoms in total. The fourth-order valence-electron chi connectivity index (χ4n) is 2.48. The zero-order valence-corrected chi connectivity index (χ0v) is 11.9. The summed E-state index contributed by atoms with van der Waals surface area (Å²) in [5.74, 6) is -0.314. The number of ether oxygens (including phenoxy) is 2. The molecular formula is C14H22N2O3. The molecule has 1 heterocycles. The van der Waals surface area contributed by atoms with Crippen molar-refractivity contribution in [3.8, 4) is 0 Å². The van der Waals surface area contributed by atoms with Gasteiger partial charge in [0.25, 0.3) is 0 Å². The van der Waals surface area contributed by atoms with E-state index in [-0.39, 0.29) is 18.7 Å². The maximum Gasteiger partial charge on any atom is 0.341 e. The van der Waals surface area contributed by atoms with E-state index in [1.54, 1.807) is 13.3 Å². The van der Waals surface area contributed by atoms with Crippen molar-refractivity contribution in [1.29, 1.82) is 0 Å². The third-order valence-corrected chi connectivity index (χ3v) is 3.79. The SMILES string of the molecule is CO[C@@H](C)COC(=O)c1cnn(C2CCCC2)c1C. The minimum atomic E-state index is -0.314. The van der Waals surface area contributed by atoms with Gasteiger partial charge in [-0.3, -0.25) is 4.68 Å². The summed E-state index contributed by atoms with van der Waals surface area (Å²) in [6, 6.07) is 0.444. The van der Waals surface area contributed by atoms with Gasteiger partial charge in [-0.15, -0.1) is 0 Å². The number of carbonyl (C=O) groups is 1. The van der Waals surface area contributed by atoms with Crippen LogP contribution in [0.25, 0.3) is 0 Å². The van der Waals surface area contributed by atoms with Gasteiger partial charge in [0.2, 0.25) is 0 Å². The van der Waals surface area contributed by atoms with E-state index in [0.717, 1.165) is 18.5 Å². The van der Waals surface area contributed by atoms with Crippen LogP contribution in [0.2, 0.25) is 0 Å². The molecule has 0 saturated heterocycles. The highest BCUT2D eigenvalue weighted by molar-refractivity contribution is 5.90. The van der Waals surface area contributed by atoms with Crippen molar-refractivity contribution in [3.05, 3.63) is 17.5 Å². The Labute approximate surface area is 113 Å². The van der Waals surface area contributed by atoms with E-state index in [4.69, 9.17) is 9.47 Å². The highest BCUT2D eigenvalue weighted by Crippen LogP contribution is 2.30. The predicted molar refractivity (Wildman–Crippen MR) is 71.2 cm³/mol. The third kappa shape index (κ3) is 3.15. The summed E-state index contributed by atoms with van der Waals surface area (Å²) in [7, 11) is 1.60. The molecule has 0 bridgehead atoms. The third-order valence-electron chi connectivity index (χ3n) is 3.79. The maximum atomic E-state index is 12.0. The molecule has 0 spiro atoms. The summed E-state index contributed by atoms with van der Waals surface area (Å²) in [5.41, 5.74) is 1.47. The predicted octanol–water partition coefficient (Wildman–Crippen LogP) is 2.50. The lowest BCUT2D eigenvalue weighted by atomic mass is 10.2. The lowest BCUT2D eigenvalue weighted by Crippen LogP contribution is -2.18. The summed E-state index contributed by atoms with van der Waals surface area (Å²) >= 11 is 0. The molecule has 5 heteroatoms. The van der Waals surface area contributed by atoms with Crippen molar-refractivity contribution in [2.24, 2.45) is 0 Å². The smallest absolute Gasteiger partial charge is 0.341 e. The molecule has 0 aromatic carbocycles. The first kappa shape index (κ1) is 14.1. The van der Waals surface area contributed by atoms with Gasteiger partial charge in [0.15, 0.2) is 0 Å². The molecule has 0 N–H and O–H groups in total. The van der Waals surface area contributed by atoms with Crippen molar-refractivity contribution in [2.45, 2.75) is 51.7 Å². The van der Waals surface area contributed by atoms with Crippen LogP contribution in [0.5, 0.6) is 0 Å². The van der Waals surface area contributed by atoms with Crippen LogP contribution < -0.4 is 0 Å². The molecule has 2 rings (SSSR count). The Morgan fingerprint density at radius 3 is 2.84 bits per heavy atom. The molecule has 0 aliphatic heterocycles. The van der Waals surface area contributed by atoms with Gasteiger partial charge in [-0.25, -0.2) is 4.79 Å². The number of methoxy groups -OCH3 is 1. The molecule has 1 fully saturated rings. The quantitative estimate of drug-likeness (QED) is 0.768. The fraction of sp³-hybridized carbons (Fsp3) is 0.714. The average Bonchev–Trinajstić information content (AvgIpc) is 3.04. The van der Waals surface area contributed by atoms with Gasteiger partial charge in [0.1, 0.15) is 12.2 Å². The molecule has 1 aromatic rings. The summed E-state index contributed by atoms with van der Waals surface area (Å²) in [5, 5.41) is 4.35. The van der Waals surface area contributed by atoms with Crippen LogP contribution in [-0.2, 0) is 9.47 Å². The Bertz CT molecular complexity index is 436. The second kappa shape index (κ2) is 6.19. The molecule has 19 heavy (non-hydrogen) atoms. The minimum Gasteiger partial charge on any atom is -0.459 e. The first-order chi connectivity index (χ1) is 9.13. The van der Waals surface area contributed by atoms with E-state index in [0.29, 0.717) is 11.6 Å². The van der Waals surface area contributed by atoms with Crippen molar-refractivity contribution in [3.63, 3.8) is 0 Å². The zero-order valence-electron chi connectivity index (χ0n) is 11.9. The van der Waals surface area contributed by atoms with Crippen molar-refractivity contribution in [1.82, 2.24) is 9.78 Å². The number of carbonyl (C=O) groups excluding carboxylic acids is 1. The number of esters is 1. The molecule has 0 radical (unpaired) electrons. The molecule has 1 aliphatic rings. The van der Waals surface area contributed by atoms with E-state index < -0.39 is 0 Å². The average molecular weight is 266 g/mol. The van der Waals surface area contributed by atoms with Crippen molar-refractivity contribution in [2.75, 3.05) is 13.7 Å². The van der Waals surface area contributed by atoms with Gasteiger partial charge in [-0.05, 0) is 26.7 Å². The zero-order chi connectivity index (χ0) is 13.8. The van der Waals surface area contributed by atoms with Crippen LogP contribution in [0.1, 0.15) is 54.7 Å². The van der Waals surface area contributed by atoms with Crippen LogP contribution >= 0.6 is 0 Å². The molecule has 1 saturated carbocycles. The highest BCUT2D eigenvalue weighted by Gasteiger charge is 2.23. The van der Waals surface area contributed by atoms with Gasteiger partial charge in [0.05, 0.1) is 24.0 Å². The number of aromatic nitrogens is 2. The topological polar surface area (TPSA) is 53.4 Å². The summed E-state index contributed by atoms with van der Waals surface area (Å²) in [4.78, 5) is 12.0. The van der Waals surface area contributed by atoms with E-state index in [1.165, 1.54) is 12.8 Å². The van der Waals surface area contributed by atoms with Crippen LogP contribution in [0.15, 0.2) is 6.20 Å². The van der Waals surface area contributed by atoms with Gasteiger partial charge in [-0.1, -0.05) is 12.8 Å². The van der Waals surface area contributed by atoms with Crippen LogP contribution in [0.4, 0.5) is 0 Å². The van der Waals surface area contributed by atoms with Gasteiger partial charge in [0, 0.05) is 7.11 Å². The van der Waals surface area contributed by atoms with Crippen molar-refractivity contribution < 1.29 is 14.3 Å². The van der Waals surface area contributed by atoms with Crippen LogP contribution in [0.3, 0.4) is 0 Å². The van der Waals surface area contributed by atoms with E-state index in [1.807, 2.05) is 18.5 Å². The van der Waals surface area contributed by atoms with E-state index in [9.17, 15) is 4.79 Å². The summed E-state index contributed by atoms with van der Waals surface area (Å²) in [6.45, 7) is 4.06. The minimum absolute atomic E-state index is 0.0888. The highest BCUT2D eigenvalue weighted by atomic mass is 16.6. The molecule has 1 atom stereocenters. The first-order valence-electron chi connectivity index (χ1n) is 6.87. The Morgan fingerprint density at radius 2 is 2.21 bits per heavy atom. The Balaban J connectivity index is 2.02. The Morgan fingerprint density at radius 1 is 1.53 bits per heavy atom. The second-order valence-corrected chi connectivity index (χ2v) is 5.17. The van der Waals surface area contributed by atoms with Crippen LogP contribution in [-0.4, -0.2) is 35.6 Å². The van der Waals surface area contributed by atoms with Gasteiger partial charge in [-0.2, -0.15) is 5.10 Å². The normalized spacial score (nSPS) is 17.6. The standard InChI is InChI=1S/C14H22N2O3/c1-10(18-3)9-19-14(17)13-8-15-16(11(13)2)12-6-4-5-7-12/h8,10,12H,4-7,9H2,1-3H3/t10-/m0/s1. The number of nitrogens with zero attached hydrogens (tertiary/aromatic N) is 2. The summed E-state index contributed by atoms with van der Waals surface area (Å²) < 4.78 is 12.3. The number of hydrogen-bond donors (Lipinski definition) is 0. The first-order valence-corrected chi connectivity index (χ1v) is 6.87. The molecule has 1 aliphatic carbocycles. The molecular weight excluding hydrogens is 244 g/mol. The monoisotopic (exact) mass is 266 g/mol. The van der Waals surface area contributed by atoms with Gasteiger partial charge >= 0.3 is 5.97 Å². The summed E-state index contributed by atoms with van der Waals surface area (Å²) in [6.07, 6.45) is 6.32. The number of rotatable bonds is 5. The molecule has 0 amide bonds. The van der Waals surface area contributed by atoms with E-state index >= 15 is 0 Å². The largest absolute Gasteiger partial charge is 0.459 e. The lowest BCUT2D eigenvalue weighted by molar-refractivity contribution is 0.0168. The fourth-order valence-corrected chi connectivity index (χ4v) is 2.48. The van der Waals surface area contributed by atoms with Gasteiger partial charge < -0.3 is 9.47 Å². The molecule has 1 aromatic heterocycles. The molecule has 0 unspecified atom stereocenters. The Hall–Kier alpha value is -1.36. The lowest BCUT2D eigenvalue weighted by Gasteiger charge is -2.13. The molecule has 106 valence electrons.